The van der Waals surface area contributed by atoms with E-state index in [-0.39, 0.29) is 5.92 Å². The average molecular weight is 677 g/mol. The molecule has 0 radical (unpaired) electrons. The van der Waals surface area contributed by atoms with Gasteiger partial charge in [0.25, 0.3) is 0 Å². The molecule has 0 bridgehead atoms. The average Bonchev–Trinajstić information content (AvgIpc) is 3.09. The van der Waals surface area contributed by atoms with Crippen molar-refractivity contribution < 1.29 is 18.9 Å². The highest BCUT2D eigenvalue weighted by molar-refractivity contribution is 5.39. The smallest absolute Gasteiger partial charge is 0.207 e. The Morgan fingerprint density at radius 3 is 1.84 bits per heavy atom. The van der Waals surface area contributed by atoms with Crippen molar-refractivity contribution >= 4 is 0 Å². The molecule has 0 amide bonds. The summed E-state index contributed by atoms with van der Waals surface area (Å²) >= 11 is 0. The van der Waals surface area contributed by atoms with Gasteiger partial charge >= 0.3 is 0 Å². The molecule has 4 unspecified atom stereocenters. The second kappa shape index (κ2) is 17.9. The maximum absolute atomic E-state index is 6.69. The summed E-state index contributed by atoms with van der Waals surface area (Å²) in [6, 6.07) is 34.0. The van der Waals surface area contributed by atoms with Gasteiger partial charge in [-0.2, -0.15) is 0 Å². The Hall–Kier alpha value is -3.76. The molecule has 0 aliphatic carbocycles. The van der Waals surface area contributed by atoms with Crippen molar-refractivity contribution in [3.8, 4) is 23.0 Å². The van der Waals surface area contributed by atoms with E-state index < -0.39 is 6.29 Å². The van der Waals surface area contributed by atoms with Crippen LogP contribution in [-0.4, -0.2) is 19.5 Å². The van der Waals surface area contributed by atoms with Crippen LogP contribution in [0.1, 0.15) is 115 Å². The Labute approximate surface area is 302 Å². The third-order valence-corrected chi connectivity index (χ3v) is 10.1. The van der Waals surface area contributed by atoms with Crippen LogP contribution in [0.4, 0.5) is 0 Å². The molecule has 1 heterocycles. The predicted octanol–water partition coefficient (Wildman–Crippen LogP) is 12.6. The standard InChI is InChI=1S/C46H60O4/c1-31(2)28-43(33(5)6)36-16-20-38(21-17-36)49-40-13-11-12-35(30-40)24-26-48-46(42-25-27-47-45-15-10-9-14-41(42)45)50-39-22-18-37(19-23-39)44(34(7)8)29-32(3)4/h9-23,30-34,42-44,46H,24-29H2,1-8H3. The first-order chi connectivity index (χ1) is 24.1. The van der Waals surface area contributed by atoms with E-state index in [1.54, 1.807) is 0 Å². The Balaban J connectivity index is 1.26. The summed E-state index contributed by atoms with van der Waals surface area (Å²) in [4.78, 5) is 0. The maximum atomic E-state index is 6.69. The summed E-state index contributed by atoms with van der Waals surface area (Å²) in [5.41, 5.74) is 5.07. The molecular formula is C46H60O4. The first kappa shape index (κ1) is 37.5. The van der Waals surface area contributed by atoms with Crippen LogP contribution >= 0.6 is 0 Å². The van der Waals surface area contributed by atoms with Crippen LogP contribution in [0, 0.1) is 23.7 Å². The second-order valence-corrected chi connectivity index (χ2v) is 15.7. The Morgan fingerprint density at radius 2 is 1.24 bits per heavy atom. The zero-order valence-electron chi connectivity index (χ0n) is 31.7. The number of ether oxygens (including phenoxy) is 4. The highest BCUT2D eigenvalue weighted by Crippen LogP contribution is 2.39. The molecule has 0 saturated carbocycles. The van der Waals surface area contributed by atoms with E-state index >= 15 is 0 Å². The molecule has 4 nitrogen and oxygen atoms in total. The third-order valence-electron chi connectivity index (χ3n) is 10.1. The van der Waals surface area contributed by atoms with Crippen LogP contribution < -0.4 is 14.2 Å². The van der Waals surface area contributed by atoms with Crippen molar-refractivity contribution in [2.75, 3.05) is 13.2 Å². The molecule has 5 rings (SSSR count). The van der Waals surface area contributed by atoms with Gasteiger partial charge in [0.15, 0.2) is 0 Å². The molecular weight excluding hydrogens is 617 g/mol. The Kier molecular flexibility index (Phi) is 13.5. The molecule has 4 heteroatoms. The van der Waals surface area contributed by atoms with Crippen LogP contribution in [0.15, 0.2) is 97.1 Å². The number of fused-ring (bicyclic) bond motifs is 1. The minimum atomic E-state index is -0.439. The largest absolute Gasteiger partial charge is 0.493 e. The van der Waals surface area contributed by atoms with E-state index in [0.717, 1.165) is 47.0 Å². The molecule has 4 atom stereocenters. The predicted molar refractivity (Wildman–Crippen MR) is 207 cm³/mol. The van der Waals surface area contributed by atoms with E-state index in [0.29, 0.717) is 48.7 Å². The zero-order chi connectivity index (χ0) is 35.6. The van der Waals surface area contributed by atoms with E-state index in [9.17, 15) is 0 Å². The summed E-state index contributed by atoms with van der Waals surface area (Å²) in [5, 5.41) is 0. The van der Waals surface area contributed by atoms with Crippen molar-refractivity contribution in [1.29, 1.82) is 0 Å². The monoisotopic (exact) mass is 676 g/mol. The van der Waals surface area contributed by atoms with Gasteiger partial charge in [-0.1, -0.05) is 110 Å². The fraction of sp³-hybridized carbons (Fsp3) is 0.478. The van der Waals surface area contributed by atoms with Crippen molar-refractivity contribution in [2.24, 2.45) is 23.7 Å². The van der Waals surface area contributed by atoms with E-state index in [4.69, 9.17) is 18.9 Å². The molecule has 0 N–H and O–H groups in total. The van der Waals surface area contributed by atoms with Crippen molar-refractivity contribution in [2.45, 2.75) is 105 Å². The molecule has 1 aliphatic rings. The van der Waals surface area contributed by atoms with Gasteiger partial charge in [-0.3, -0.25) is 0 Å². The fourth-order valence-corrected chi connectivity index (χ4v) is 7.39. The minimum absolute atomic E-state index is 0.0671. The van der Waals surface area contributed by atoms with E-state index in [1.807, 2.05) is 18.2 Å². The molecule has 0 saturated heterocycles. The molecule has 4 aromatic carbocycles. The van der Waals surface area contributed by atoms with E-state index in [2.05, 4.69) is 134 Å². The molecule has 4 aromatic rings. The van der Waals surface area contributed by atoms with Gasteiger partial charge in [-0.05, 0) is 120 Å². The van der Waals surface area contributed by atoms with Gasteiger partial charge in [0.05, 0.1) is 19.1 Å². The quantitative estimate of drug-likeness (QED) is 0.104. The maximum Gasteiger partial charge on any atom is 0.207 e. The first-order valence-corrected chi connectivity index (χ1v) is 19.0. The van der Waals surface area contributed by atoms with Gasteiger partial charge in [-0.25, -0.2) is 0 Å². The van der Waals surface area contributed by atoms with Crippen molar-refractivity contribution in [1.82, 2.24) is 0 Å². The topological polar surface area (TPSA) is 36.9 Å². The molecule has 0 fully saturated rings. The summed E-state index contributed by atoms with van der Waals surface area (Å²) in [6.45, 7) is 19.7. The number of hydrogen-bond acceptors (Lipinski definition) is 4. The Bertz CT molecular complexity index is 1590. The van der Waals surface area contributed by atoms with Crippen molar-refractivity contribution in [3.05, 3.63) is 119 Å². The zero-order valence-corrected chi connectivity index (χ0v) is 31.7. The number of hydrogen-bond donors (Lipinski definition) is 0. The highest BCUT2D eigenvalue weighted by Gasteiger charge is 2.31. The lowest BCUT2D eigenvalue weighted by atomic mass is 9.82. The fourth-order valence-electron chi connectivity index (χ4n) is 7.39. The van der Waals surface area contributed by atoms with Crippen LogP contribution in [0.5, 0.6) is 23.0 Å². The second-order valence-electron chi connectivity index (χ2n) is 15.7. The van der Waals surface area contributed by atoms with Gasteiger partial charge in [0.1, 0.15) is 23.0 Å². The lowest BCUT2D eigenvalue weighted by Gasteiger charge is -2.32. The molecule has 0 aromatic heterocycles. The third kappa shape index (κ3) is 10.4. The number of rotatable bonds is 17. The molecule has 1 aliphatic heterocycles. The van der Waals surface area contributed by atoms with E-state index in [1.165, 1.54) is 24.0 Å². The summed E-state index contributed by atoms with van der Waals surface area (Å²) < 4.78 is 25.6. The van der Waals surface area contributed by atoms with Crippen LogP contribution in [0.25, 0.3) is 0 Å². The lowest BCUT2D eigenvalue weighted by Crippen LogP contribution is -2.33. The summed E-state index contributed by atoms with van der Waals surface area (Å²) in [7, 11) is 0. The normalized spacial score (nSPS) is 16.3. The van der Waals surface area contributed by atoms with Gasteiger partial charge in [-0.15, -0.1) is 0 Å². The van der Waals surface area contributed by atoms with Crippen LogP contribution in [0.2, 0.25) is 0 Å². The molecule has 50 heavy (non-hydrogen) atoms. The highest BCUT2D eigenvalue weighted by atomic mass is 16.7. The first-order valence-electron chi connectivity index (χ1n) is 19.0. The summed E-state index contributed by atoms with van der Waals surface area (Å²) in [5.74, 6) is 7.11. The SMILES string of the molecule is CC(C)CC(c1ccc(Oc2cccc(CCOC(Oc3ccc(C(CC(C)C)C(C)C)cc3)C3CCOc4ccccc43)c2)cc1)C(C)C. The van der Waals surface area contributed by atoms with Crippen molar-refractivity contribution in [3.63, 3.8) is 0 Å². The minimum Gasteiger partial charge on any atom is -0.493 e. The molecule has 268 valence electrons. The Morgan fingerprint density at radius 1 is 0.640 bits per heavy atom. The number of benzene rings is 4. The molecule has 0 spiro atoms. The van der Waals surface area contributed by atoms with Gasteiger partial charge in [0, 0.05) is 5.56 Å². The lowest BCUT2D eigenvalue weighted by molar-refractivity contribution is -0.101. The summed E-state index contributed by atoms with van der Waals surface area (Å²) in [6.07, 6.45) is 3.51. The van der Waals surface area contributed by atoms with Crippen LogP contribution in [-0.2, 0) is 11.2 Å². The van der Waals surface area contributed by atoms with Gasteiger partial charge < -0.3 is 18.9 Å². The van der Waals surface area contributed by atoms with Gasteiger partial charge in [0.2, 0.25) is 6.29 Å². The number of para-hydroxylation sites is 1. The van der Waals surface area contributed by atoms with Crippen LogP contribution in [0.3, 0.4) is 0 Å².